The van der Waals surface area contributed by atoms with Crippen LogP contribution in [0, 0.1) is 19.8 Å². The average Bonchev–Trinajstić information content (AvgIpc) is 3.32. The Morgan fingerprint density at radius 2 is 1.97 bits per heavy atom. The lowest BCUT2D eigenvalue weighted by Gasteiger charge is -2.31. The number of sulfonamides is 1. The number of carbonyl (C=O) groups is 1. The lowest BCUT2D eigenvalue weighted by atomic mass is 9.98. The Labute approximate surface area is 204 Å². The Bertz CT molecular complexity index is 1330. The van der Waals surface area contributed by atoms with Crippen LogP contribution in [0.4, 0.5) is 5.69 Å². The van der Waals surface area contributed by atoms with Crippen LogP contribution in [0.5, 0.6) is 0 Å². The van der Waals surface area contributed by atoms with Crippen LogP contribution >= 0.6 is 0 Å². The van der Waals surface area contributed by atoms with E-state index < -0.39 is 15.9 Å². The van der Waals surface area contributed by atoms with Crippen molar-refractivity contribution in [3.8, 4) is 11.4 Å². The first-order valence-corrected chi connectivity index (χ1v) is 13.5. The quantitative estimate of drug-likeness (QED) is 0.572. The van der Waals surface area contributed by atoms with Crippen LogP contribution in [0.1, 0.15) is 49.4 Å². The highest BCUT2D eigenvalue weighted by atomic mass is 32.2. The predicted octanol–water partition coefficient (Wildman–Crippen LogP) is 3.32. The molecule has 0 aliphatic carbocycles. The van der Waals surface area contributed by atoms with Crippen molar-refractivity contribution in [2.75, 3.05) is 18.4 Å². The van der Waals surface area contributed by atoms with Gasteiger partial charge in [0.25, 0.3) is 0 Å². The first kappa shape index (κ1) is 23.7. The first-order chi connectivity index (χ1) is 16.8. The van der Waals surface area contributed by atoms with Crippen molar-refractivity contribution in [1.82, 2.24) is 24.2 Å². The topological polar surface area (TPSA) is 123 Å². The Morgan fingerprint density at radius 3 is 2.77 bits per heavy atom. The molecule has 10 nitrogen and oxygen atoms in total. The molecule has 5 rings (SSSR count). The normalized spacial score (nSPS) is 19.2. The van der Waals surface area contributed by atoms with Gasteiger partial charge in [0, 0.05) is 37.3 Å². The van der Waals surface area contributed by atoms with E-state index in [-0.39, 0.29) is 23.1 Å². The summed E-state index contributed by atoms with van der Waals surface area (Å²) in [5.41, 5.74) is 1.89. The first-order valence-electron chi connectivity index (χ1n) is 12.1. The molecule has 0 bridgehead atoms. The summed E-state index contributed by atoms with van der Waals surface area (Å²) in [6.45, 7) is 4.58. The molecule has 0 spiro atoms. The highest BCUT2D eigenvalue weighted by Crippen LogP contribution is 2.29. The van der Waals surface area contributed by atoms with Gasteiger partial charge in [0.1, 0.15) is 16.4 Å². The minimum absolute atomic E-state index is 0.0960. The van der Waals surface area contributed by atoms with Crippen molar-refractivity contribution in [2.24, 2.45) is 5.92 Å². The third-order valence-electron chi connectivity index (χ3n) is 6.82. The zero-order valence-electron chi connectivity index (χ0n) is 20.0. The maximum Gasteiger partial charge on any atom is 0.248 e. The van der Waals surface area contributed by atoms with E-state index in [2.05, 4.69) is 25.2 Å². The largest absolute Gasteiger partial charge is 0.360 e. The molecule has 1 amide bonds. The average molecular weight is 499 g/mol. The van der Waals surface area contributed by atoms with Crippen molar-refractivity contribution in [2.45, 2.75) is 63.8 Å². The molecule has 1 fully saturated rings. The van der Waals surface area contributed by atoms with Crippen LogP contribution in [-0.4, -0.2) is 51.6 Å². The monoisotopic (exact) mass is 498 g/mol. The van der Waals surface area contributed by atoms with E-state index in [1.54, 1.807) is 13.8 Å². The van der Waals surface area contributed by atoms with Gasteiger partial charge in [-0.3, -0.25) is 4.79 Å². The van der Waals surface area contributed by atoms with Crippen molar-refractivity contribution < 1.29 is 17.7 Å². The number of benzene rings is 1. The summed E-state index contributed by atoms with van der Waals surface area (Å²) in [7, 11) is -3.79. The number of nitrogens with one attached hydrogen (secondary N) is 1. The predicted molar refractivity (Wildman–Crippen MR) is 129 cm³/mol. The van der Waals surface area contributed by atoms with Crippen molar-refractivity contribution in [3.05, 3.63) is 41.5 Å². The lowest BCUT2D eigenvalue weighted by molar-refractivity contribution is -0.120. The van der Waals surface area contributed by atoms with Crippen LogP contribution in [-0.2, 0) is 27.8 Å². The summed E-state index contributed by atoms with van der Waals surface area (Å²) < 4.78 is 35.0. The standard InChI is InChI=1S/C24H30N6O4S/c1-16-22(17(2)34-28-16)35(32,33)29-12-7-9-19(15-29)24(31)25-20-10-6-8-18(14-20)23-27-26-21-11-4-3-5-13-30(21)23/h6,8,10,14,19H,3-5,7,9,11-13,15H2,1-2H3,(H,25,31). The molecule has 0 saturated carbocycles. The molecular formula is C24H30N6O4S. The lowest BCUT2D eigenvalue weighted by Crippen LogP contribution is -2.43. The summed E-state index contributed by atoms with van der Waals surface area (Å²) in [5.74, 6) is 1.44. The maximum absolute atomic E-state index is 13.2. The highest BCUT2D eigenvalue weighted by molar-refractivity contribution is 7.89. The molecular weight excluding hydrogens is 468 g/mol. The molecule has 1 aromatic carbocycles. The molecule has 2 aliphatic rings. The number of aromatic nitrogens is 4. The van der Waals surface area contributed by atoms with Crippen LogP contribution in [0.15, 0.2) is 33.7 Å². The summed E-state index contributed by atoms with van der Waals surface area (Å²) in [6.07, 6.45) is 5.56. The van der Waals surface area contributed by atoms with Crippen molar-refractivity contribution >= 4 is 21.6 Å². The Morgan fingerprint density at radius 1 is 1.11 bits per heavy atom. The van der Waals surface area contributed by atoms with E-state index in [0.717, 1.165) is 43.0 Å². The molecule has 3 aromatic rings. The summed E-state index contributed by atoms with van der Waals surface area (Å²) in [4.78, 5) is 13.2. The van der Waals surface area contributed by atoms with Crippen molar-refractivity contribution in [1.29, 1.82) is 0 Å². The smallest absolute Gasteiger partial charge is 0.248 e. The second-order valence-electron chi connectivity index (χ2n) is 9.33. The van der Waals surface area contributed by atoms with Gasteiger partial charge >= 0.3 is 0 Å². The number of carbonyl (C=O) groups excluding carboxylic acids is 1. The van der Waals surface area contributed by atoms with Crippen LogP contribution in [0.25, 0.3) is 11.4 Å². The summed E-state index contributed by atoms with van der Waals surface area (Å²) in [6, 6.07) is 7.60. The molecule has 4 heterocycles. The van der Waals surface area contributed by atoms with Gasteiger partial charge in [-0.2, -0.15) is 4.31 Å². The number of aryl methyl sites for hydroxylation is 3. The molecule has 11 heteroatoms. The second-order valence-corrected chi connectivity index (χ2v) is 11.2. The molecule has 1 N–H and O–H groups in total. The second kappa shape index (κ2) is 9.54. The van der Waals surface area contributed by atoms with E-state index in [9.17, 15) is 13.2 Å². The summed E-state index contributed by atoms with van der Waals surface area (Å²) >= 11 is 0. The van der Waals surface area contributed by atoms with Gasteiger partial charge in [0.15, 0.2) is 11.6 Å². The molecule has 2 aliphatic heterocycles. The van der Waals surface area contributed by atoms with E-state index in [4.69, 9.17) is 4.52 Å². The summed E-state index contributed by atoms with van der Waals surface area (Å²) in [5, 5.41) is 15.5. The number of anilines is 1. The van der Waals surface area contributed by atoms with Crippen molar-refractivity contribution in [3.63, 3.8) is 0 Å². The van der Waals surface area contributed by atoms with Gasteiger partial charge in [-0.25, -0.2) is 8.42 Å². The number of hydrogen-bond donors (Lipinski definition) is 1. The molecule has 1 unspecified atom stereocenters. The minimum Gasteiger partial charge on any atom is -0.360 e. The highest BCUT2D eigenvalue weighted by Gasteiger charge is 2.36. The number of piperidine rings is 1. The molecule has 1 saturated heterocycles. The third-order valence-corrected chi connectivity index (χ3v) is 8.93. The fraction of sp³-hybridized carbons (Fsp3) is 0.500. The zero-order valence-corrected chi connectivity index (χ0v) is 20.8. The van der Waals surface area contributed by atoms with E-state index in [0.29, 0.717) is 30.8 Å². The van der Waals surface area contributed by atoms with E-state index in [1.807, 2.05) is 24.3 Å². The third kappa shape index (κ3) is 4.62. The molecule has 2 aromatic heterocycles. The number of hydrogen-bond acceptors (Lipinski definition) is 7. The zero-order chi connectivity index (χ0) is 24.6. The number of nitrogens with zero attached hydrogens (tertiary/aromatic N) is 5. The molecule has 35 heavy (non-hydrogen) atoms. The van der Waals surface area contributed by atoms with E-state index >= 15 is 0 Å². The van der Waals surface area contributed by atoms with Crippen LogP contribution < -0.4 is 5.32 Å². The maximum atomic E-state index is 13.2. The molecule has 1 atom stereocenters. The molecule has 186 valence electrons. The SMILES string of the molecule is Cc1noc(C)c1S(=O)(=O)N1CCCC(C(=O)Nc2cccc(-c3nnc4n3CCCCC4)c2)C1. The van der Waals surface area contributed by atoms with Gasteiger partial charge in [-0.15, -0.1) is 10.2 Å². The van der Waals surface area contributed by atoms with Gasteiger partial charge in [-0.05, 0) is 51.7 Å². The van der Waals surface area contributed by atoms with Crippen LogP contribution in [0.2, 0.25) is 0 Å². The van der Waals surface area contributed by atoms with Gasteiger partial charge in [-0.1, -0.05) is 23.7 Å². The molecule has 0 radical (unpaired) electrons. The fourth-order valence-corrected chi connectivity index (χ4v) is 6.84. The van der Waals surface area contributed by atoms with Crippen LogP contribution in [0.3, 0.4) is 0 Å². The Kier molecular flexibility index (Phi) is 6.45. The fourth-order valence-electron chi connectivity index (χ4n) is 5.03. The number of amides is 1. The van der Waals surface area contributed by atoms with E-state index in [1.165, 1.54) is 10.7 Å². The Hall–Kier alpha value is -3.05. The Balaban J connectivity index is 1.31. The minimum atomic E-state index is -3.79. The number of fused-ring (bicyclic) bond motifs is 1. The van der Waals surface area contributed by atoms with Gasteiger partial charge < -0.3 is 14.4 Å². The number of rotatable bonds is 5. The van der Waals surface area contributed by atoms with Gasteiger partial charge in [0.05, 0.1) is 5.92 Å². The van der Waals surface area contributed by atoms with Gasteiger partial charge in [0.2, 0.25) is 15.9 Å².